The Morgan fingerprint density at radius 3 is 2.39 bits per heavy atom. The molecule has 1 aliphatic rings. The van der Waals surface area contributed by atoms with Gasteiger partial charge in [0.05, 0.1) is 12.3 Å². The van der Waals surface area contributed by atoms with Gasteiger partial charge in [0, 0.05) is 5.02 Å². The van der Waals surface area contributed by atoms with E-state index in [1.807, 2.05) is 37.3 Å². The standard InChI is InChI=1S/C23H28ClNO6/c1-3-18(25-30-2)14-6-4-13(5-7-14)10-16-11-15(8-9-17(16)24)23-22(29)21(28)20(27)19(12-26)31-23/h4-9,11,19-23,26-29H,3,10,12H2,1-2H3/t19-,20-,21+,22-,23+/m1/s1. The average molecular weight is 450 g/mol. The van der Waals surface area contributed by atoms with Gasteiger partial charge in [0.1, 0.15) is 37.6 Å². The number of rotatable bonds is 7. The molecule has 7 nitrogen and oxygen atoms in total. The second kappa shape index (κ2) is 10.5. The number of aliphatic hydroxyl groups is 4. The first-order valence-electron chi connectivity index (χ1n) is 10.2. The molecule has 8 heteroatoms. The predicted octanol–water partition coefficient (Wildman–Crippen LogP) is 2.21. The molecule has 0 aromatic heterocycles. The highest BCUT2D eigenvalue weighted by Gasteiger charge is 2.44. The van der Waals surface area contributed by atoms with Crippen LogP contribution in [-0.4, -0.2) is 64.3 Å². The highest BCUT2D eigenvalue weighted by molar-refractivity contribution is 6.31. The van der Waals surface area contributed by atoms with Gasteiger partial charge in [0.15, 0.2) is 0 Å². The molecule has 0 amide bonds. The summed E-state index contributed by atoms with van der Waals surface area (Å²) < 4.78 is 5.66. The predicted molar refractivity (Wildman–Crippen MR) is 117 cm³/mol. The number of hydrogen-bond acceptors (Lipinski definition) is 7. The SMILES string of the molecule is CCC(=NOC)c1ccc(Cc2cc([C@@H]3O[C@H](CO)[C@@H](O)[C@H](O)[C@H]3O)ccc2Cl)cc1. The van der Waals surface area contributed by atoms with Crippen LogP contribution in [0.15, 0.2) is 47.6 Å². The minimum Gasteiger partial charge on any atom is -0.399 e. The summed E-state index contributed by atoms with van der Waals surface area (Å²) in [4.78, 5) is 4.89. The highest BCUT2D eigenvalue weighted by atomic mass is 35.5. The van der Waals surface area contributed by atoms with Crippen LogP contribution in [0.2, 0.25) is 5.02 Å². The zero-order chi connectivity index (χ0) is 22.5. The fourth-order valence-electron chi connectivity index (χ4n) is 3.75. The molecule has 0 saturated carbocycles. The average Bonchev–Trinajstić information content (AvgIpc) is 2.78. The topological polar surface area (TPSA) is 112 Å². The molecule has 5 atom stereocenters. The molecular formula is C23H28ClNO6. The van der Waals surface area contributed by atoms with Crippen molar-refractivity contribution >= 4 is 17.3 Å². The molecule has 1 saturated heterocycles. The Morgan fingerprint density at radius 2 is 1.77 bits per heavy atom. The number of ether oxygens (including phenoxy) is 1. The molecule has 2 aromatic rings. The minimum atomic E-state index is -1.43. The van der Waals surface area contributed by atoms with Crippen molar-refractivity contribution in [2.24, 2.45) is 5.16 Å². The van der Waals surface area contributed by atoms with Crippen LogP contribution in [-0.2, 0) is 16.0 Å². The van der Waals surface area contributed by atoms with Gasteiger partial charge in [-0.15, -0.1) is 0 Å². The molecule has 31 heavy (non-hydrogen) atoms. The molecule has 1 heterocycles. The van der Waals surface area contributed by atoms with Crippen molar-refractivity contribution < 1.29 is 30.0 Å². The zero-order valence-electron chi connectivity index (χ0n) is 17.5. The summed E-state index contributed by atoms with van der Waals surface area (Å²) >= 11 is 6.41. The maximum absolute atomic E-state index is 10.4. The fraction of sp³-hybridized carbons (Fsp3) is 0.435. The lowest BCUT2D eigenvalue weighted by molar-refractivity contribution is -0.231. The Kier molecular flexibility index (Phi) is 8.05. The first-order chi connectivity index (χ1) is 14.9. The van der Waals surface area contributed by atoms with E-state index < -0.39 is 37.1 Å². The van der Waals surface area contributed by atoms with Gasteiger partial charge in [0.25, 0.3) is 0 Å². The van der Waals surface area contributed by atoms with Crippen LogP contribution in [0, 0.1) is 0 Å². The Labute approximate surface area is 186 Å². The van der Waals surface area contributed by atoms with E-state index in [2.05, 4.69) is 5.16 Å². The Hall–Kier alpha value is -2.00. The third-order valence-electron chi connectivity index (χ3n) is 5.51. The van der Waals surface area contributed by atoms with Gasteiger partial charge in [-0.3, -0.25) is 0 Å². The van der Waals surface area contributed by atoms with Crippen molar-refractivity contribution in [2.75, 3.05) is 13.7 Å². The number of halogens is 1. The van der Waals surface area contributed by atoms with Crippen LogP contribution >= 0.6 is 11.6 Å². The lowest BCUT2D eigenvalue weighted by Crippen LogP contribution is -2.55. The van der Waals surface area contributed by atoms with Crippen LogP contribution in [0.3, 0.4) is 0 Å². The van der Waals surface area contributed by atoms with E-state index >= 15 is 0 Å². The number of hydrogen-bond donors (Lipinski definition) is 4. The van der Waals surface area contributed by atoms with E-state index in [0.29, 0.717) is 17.0 Å². The van der Waals surface area contributed by atoms with E-state index in [0.717, 1.165) is 28.8 Å². The van der Waals surface area contributed by atoms with E-state index in [9.17, 15) is 20.4 Å². The van der Waals surface area contributed by atoms with Gasteiger partial charge >= 0.3 is 0 Å². The Balaban J connectivity index is 1.82. The fourth-order valence-corrected chi connectivity index (χ4v) is 3.94. The molecule has 2 aromatic carbocycles. The second-order valence-electron chi connectivity index (χ2n) is 7.55. The van der Waals surface area contributed by atoms with Crippen LogP contribution < -0.4 is 0 Å². The lowest BCUT2D eigenvalue weighted by atomic mass is 9.90. The minimum absolute atomic E-state index is 0.472. The maximum atomic E-state index is 10.4. The number of benzene rings is 2. The van der Waals surface area contributed by atoms with Gasteiger partial charge in [-0.2, -0.15) is 0 Å². The summed E-state index contributed by atoms with van der Waals surface area (Å²) in [6, 6.07) is 13.2. The van der Waals surface area contributed by atoms with Crippen molar-refractivity contribution in [3.63, 3.8) is 0 Å². The Bertz CT molecular complexity index is 901. The van der Waals surface area contributed by atoms with E-state index in [1.54, 1.807) is 12.1 Å². The number of aliphatic hydroxyl groups excluding tert-OH is 4. The second-order valence-corrected chi connectivity index (χ2v) is 7.96. The zero-order valence-corrected chi connectivity index (χ0v) is 18.2. The molecule has 0 aliphatic carbocycles. The van der Waals surface area contributed by atoms with Gasteiger partial charge < -0.3 is 30.0 Å². The van der Waals surface area contributed by atoms with Crippen LogP contribution in [0.25, 0.3) is 0 Å². The van der Waals surface area contributed by atoms with Crippen molar-refractivity contribution in [2.45, 2.75) is 50.3 Å². The molecule has 0 unspecified atom stereocenters. The smallest absolute Gasteiger partial charge is 0.113 e. The molecule has 0 spiro atoms. The molecule has 0 bridgehead atoms. The molecule has 168 valence electrons. The summed E-state index contributed by atoms with van der Waals surface area (Å²) in [5.74, 6) is 0. The number of oxime groups is 1. The first-order valence-corrected chi connectivity index (χ1v) is 10.6. The van der Waals surface area contributed by atoms with Crippen LogP contribution in [0.5, 0.6) is 0 Å². The van der Waals surface area contributed by atoms with E-state index in [-0.39, 0.29) is 0 Å². The molecule has 4 N–H and O–H groups in total. The van der Waals surface area contributed by atoms with E-state index in [1.165, 1.54) is 7.11 Å². The van der Waals surface area contributed by atoms with Crippen molar-refractivity contribution in [1.82, 2.24) is 0 Å². The van der Waals surface area contributed by atoms with Crippen molar-refractivity contribution in [3.05, 3.63) is 69.7 Å². The summed E-state index contributed by atoms with van der Waals surface area (Å²) in [6.07, 6.45) is -4.71. The first kappa shape index (κ1) is 23.7. The highest BCUT2D eigenvalue weighted by Crippen LogP contribution is 2.34. The molecule has 1 aliphatic heterocycles. The molecule has 3 rings (SSSR count). The lowest BCUT2D eigenvalue weighted by Gasteiger charge is -2.40. The van der Waals surface area contributed by atoms with Gasteiger partial charge in [-0.05, 0) is 41.2 Å². The quantitative estimate of drug-likeness (QED) is 0.381. The number of nitrogens with zero attached hydrogens (tertiary/aromatic N) is 1. The van der Waals surface area contributed by atoms with Crippen molar-refractivity contribution in [1.29, 1.82) is 0 Å². The molecular weight excluding hydrogens is 422 g/mol. The third kappa shape index (κ3) is 5.26. The molecule has 0 radical (unpaired) electrons. The monoisotopic (exact) mass is 449 g/mol. The van der Waals surface area contributed by atoms with Gasteiger partial charge in [-0.25, -0.2) is 0 Å². The summed E-state index contributed by atoms with van der Waals surface area (Å²) in [6.45, 7) is 1.54. The maximum Gasteiger partial charge on any atom is 0.113 e. The Morgan fingerprint density at radius 1 is 1.06 bits per heavy atom. The van der Waals surface area contributed by atoms with E-state index in [4.69, 9.17) is 21.2 Å². The van der Waals surface area contributed by atoms with Crippen LogP contribution in [0.1, 0.15) is 41.7 Å². The van der Waals surface area contributed by atoms with Crippen molar-refractivity contribution in [3.8, 4) is 0 Å². The third-order valence-corrected chi connectivity index (χ3v) is 5.88. The summed E-state index contributed by atoms with van der Waals surface area (Å²) in [5.41, 5.74) is 4.30. The largest absolute Gasteiger partial charge is 0.399 e. The van der Waals surface area contributed by atoms with Gasteiger partial charge in [-0.1, -0.05) is 60.1 Å². The molecule has 1 fully saturated rings. The summed E-state index contributed by atoms with van der Waals surface area (Å²) in [5, 5.41) is 44.5. The summed E-state index contributed by atoms with van der Waals surface area (Å²) in [7, 11) is 1.52. The van der Waals surface area contributed by atoms with Crippen LogP contribution in [0.4, 0.5) is 0 Å². The normalized spacial score (nSPS) is 26.7. The van der Waals surface area contributed by atoms with Gasteiger partial charge in [0.2, 0.25) is 0 Å².